The first-order valence-corrected chi connectivity index (χ1v) is 5.81. The first kappa shape index (κ1) is 12.6. The summed E-state index contributed by atoms with van der Waals surface area (Å²) >= 11 is 1.06. The van der Waals surface area contributed by atoms with Crippen molar-refractivity contribution in [3.8, 4) is 0 Å². The van der Waals surface area contributed by atoms with Crippen molar-refractivity contribution in [1.82, 2.24) is 0 Å². The quantitative estimate of drug-likeness (QED) is 0.773. The van der Waals surface area contributed by atoms with E-state index in [0.717, 1.165) is 17.3 Å². The van der Waals surface area contributed by atoms with E-state index in [0.29, 0.717) is 6.42 Å². The summed E-state index contributed by atoms with van der Waals surface area (Å²) in [6.45, 7) is 0. The molecule has 3 N–H and O–H groups in total. The Morgan fingerprint density at radius 2 is 1.94 bits per heavy atom. The lowest BCUT2D eigenvalue weighted by atomic mass is 10.1. The van der Waals surface area contributed by atoms with E-state index in [9.17, 15) is 9.59 Å². The summed E-state index contributed by atoms with van der Waals surface area (Å²) < 4.78 is 0. The molecule has 1 atom stereocenters. The average Bonchev–Trinajstić information content (AvgIpc) is 2.25. The molecule has 0 aliphatic rings. The van der Waals surface area contributed by atoms with Crippen LogP contribution in [0.15, 0.2) is 30.3 Å². The van der Waals surface area contributed by atoms with Crippen LogP contribution in [0.5, 0.6) is 0 Å². The Kier molecular flexibility index (Phi) is 4.85. The van der Waals surface area contributed by atoms with Crippen LogP contribution in [0.2, 0.25) is 0 Å². The monoisotopic (exact) mass is 239 g/mol. The molecule has 1 amide bonds. The molecule has 0 spiro atoms. The van der Waals surface area contributed by atoms with Gasteiger partial charge in [-0.1, -0.05) is 30.3 Å². The number of nitrogens with two attached hydrogens (primary N) is 1. The van der Waals surface area contributed by atoms with Gasteiger partial charge in [-0.2, -0.15) is 0 Å². The lowest BCUT2D eigenvalue weighted by Crippen LogP contribution is -2.28. The van der Waals surface area contributed by atoms with Crippen LogP contribution >= 0.6 is 11.8 Å². The van der Waals surface area contributed by atoms with Gasteiger partial charge in [0.2, 0.25) is 5.91 Å². The zero-order valence-electron chi connectivity index (χ0n) is 8.63. The number of aliphatic carboxylic acids is 1. The summed E-state index contributed by atoms with van der Waals surface area (Å²) in [5.74, 6) is -1.53. The average molecular weight is 239 g/mol. The zero-order valence-corrected chi connectivity index (χ0v) is 9.44. The number of amides is 1. The fraction of sp³-hybridized carbons (Fsp3) is 0.273. The van der Waals surface area contributed by atoms with E-state index in [-0.39, 0.29) is 5.75 Å². The molecule has 1 unspecified atom stereocenters. The van der Waals surface area contributed by atoms with Crippen LogP contribution < -0.4 is 5.73 Å². The van der Waals surface area contributed by atoms with Crippen molar-refractivity contribution in [2.45, 2.75) is 11.7 Å². The molecule has 0 bridgehead atoms. The summed E-state index contributed by atoms with van der Waals surface area (Å²) in [7, 11) is 0. The van der Waals surface area contributed by atoms with Crippen LogP contribution in [0.25, 0.3) is 0 Å². The molecule has 0 saturated heterocycles. The van der Waals surface area contributed by atoms with E-state index in [1.807, 2.05) is 30.3 Å². The summed E-state index contributed by atoms with van der Waals surface area (Å²) in [5.41, 5.74) is 6.19. The van der Waals surface area contributed by atoms with Gasteiger partial charge in [-0.15, -0.1) is 11.8 Å². The van der Waals surface area contributed by atoms with Crippen molar-refractivity contribution in [1.29, 1.82) is 0 Å². The number of carboxylic acid groups (broad SMARTS) is 1. The van der Waals surface area contributed by atoms with Crippen molar-refractivity contribution in [2.24, 2.45) is 5.73 Å². The maximum absolute atomic E-state index is 11.1. The van der Waals surface area contributed by atoms with Crippen LogP contribution in [0.4, 0.5) is 0 Å². The van der Waals surface area contributed by atoms with E-state index in [4.69, 9.17) is 10.8 Å². The standard InChI is InChI=1S/C11H13NO3S/c12-11(15)9(16-7-10(13)14)6-8-4-2-1-3-5-8/h1-5,9H,6-7H2,(H2,12,15)(H,13,14). The summed E-state index contributed by atoms with van der Waals surface area (Å²) in [4.78, 5) is 21.5. The Morgan fingerprint density at radius 3 is 2.44 bits per heavy atom. The minimum atomic E-state index is -0.940. The Hall–Kier alpha value is -1.49. The van der Waals surface area contributed by atoms with Crippen LogP contribution in [0.3, 0.4) is 0 Å². The zero-order chi connectivity index (χ0) is 12.0. The lowest BCUT2D eigenvalue weighted by Gasteiger charge is -2.11. The molecular weight excluding hydrogens is 226 g/mol. The molecule has 4 nitrogen and oxygen atoms in total. The molecule has 0 radical (unpaired) electrons. The molecule has 1 rings (SSSR count). The van der Waals surface area contributed by atoms with Gasteiger partial charge in [0.1, 0.15) is 0 Å². The molecule has 0 saturated carbocycles. The largest absolute Gasteiger partial charge is 0.481 e. The van der Waals surface area contributed by atoms with Crippen LogP contribution in [0.1, 0.15) is 5.56 Å². The second kappa shape index (κ2) is 6.17. The van der Waals surface area contributed by atoms with Gasteiger partial charge in [0.25, 0.3) is 0 Å². The van der Waals surface area contributed by atoms with Gasteiger partial charge in [-0.25, -0.2) is 0 Å². The molecule has 0 heterocycles. The number of carbonyl (C=O) groups excluding carboxylic acids is 1. The molecule has 0 aliphatic carbocycles. The molecule has 1 aromatic carbocycles. The number of benzene rings is 1. The Bertz CT molecular complexity index is 367. The summed E-state index contributed by atoms with van der Waals surface area (Å²) in [5, 5.41) is 8.05. The minimum Gasteiger partial charge on any atom is -0.481 e. The smallest absolute Gasteiger partial charge is 0.313 e. The number of carbonyl (C=O) groups is 2. The Labute approximate surface area is 97.8 Å². The number of rotatable bonds is 6. The van der Waals surface area contributed by atoms with Crippen molar-refractivity contribution < 1.29 is 14.7 Å². The molecule has 16 heavy (non-hydrogen) atoms. The molecule has 0 aromatic heterocycles. The highest BCUT2D eigenvalue weighted by molar-refractivity contribution is 8.01. The van der Waals surface area contributed by atoms with Crippen molar-refractivity contribution in [3.05, 3.63) is 35.9 Å². The fourth-order valence-electron chi connectivity index (χ4n) is 1.24. The predicted molar refractivity (Wildman–Crippen MR) is 63.2 cm³/mol. The molecule has 86 valence electrons. The van der Waals surface area contributed by atoms with E-state index >= 15 is 0 Å². The van der Waals surface area contributed by atoms with E-state index in [2.05, 4.69) is 0 Å². The minimum absolute atomic E-state index is 0.111. The van der Waals surface area contributed by atoms with E-state index in [1.165, 1.54) is 0 Å². The maximum atomic E-state index is 11.1. The number of hydrogen-bond acceptors (Lipinski definition) is 3. The topological polar surface area (TPSA) is 80.4 Å². The maximum Gasteiger partial charge on any atom is 0.313 e. The molecule has 0 fully saturated rings. The molecule has 1 aromatic rings. The van der Waals surface area contributed by atoms with Crippen molar-refractivity contribution in [3.63, 3.8) is 0 Å². The normalized spacial score (nSPS) is 12.0. The highest BCUT2D eigenvalue weighted by atomic mass is 32.2. The van der Waals surface area contributed by atoms with Crippen LogP contribution in [-0.2, 0) is 16.0 Å². The van der Waals surface area contributed by atoms with E-state index in [1.54, 1.807) is 0 Å². The first-order chi connectivity index (χ1) is 7.59. The second-order valence-electron chi connectivity index (χ2n) is 3.29. The predicted octanol–water partition coefficient (Wildman–Crippen LogP) is 0.901. The Morgan fingerprint density at radius 1 is 1.31 bits per heavy atom. The van der Waals surface area contributed by atoms with Gasteiger partial charge in [-0.05, 0) is 12.0 Å². The van der Waals surface area contributed by atoms with Crippen molar-refractivity contribution >= 4 is 23.6 Å². The van der Waals surface area contributed by atoms with Gasteiger partial charge in [0, 0.05) is 0 Å². The third-order valence-electron chi connectivity index (χ3n) is 1.99. The molecule has 0 aliphatic heterocycles. The lowest BCUT2D eigenvalue weighted by molar-refractivity contribution is -0.133. The number of hydrogen-bond donors (Lipinski definition) is 2. The van der Waals surface area contributed by atoms with Crippen LogP contribution in [-0.4, -0.2) is 28.0 Å². The summed E-state index contributed by atoms with van der Waals surface area (Å²) in [6, 6.07) is 9.40. The SMILES string of the molecule is NC(=O)C(Cc1ccccc1)SCC(=O)O. The Balaban J connectivity index is 2.58. The van der Waals surface area contributed by atoms with Crippen molar-refractivity contribution in [2.75, 3.05) is 5.75 Å². The fourth-order valence-corrected chi connectivity index (χ4v) is 2.06. The third kappa shape index (κ3) is 4.35. The number of carboxylic acids is 1. The number of primary amides is 1. The molecule has 5 heteroatoms. The first-order valence-electron chi connectivity index (χ1n) is 4.76. The van der Waals surface area contributed by atoms with Gasteiger partial charge in [0.15, 0.2) is 0 Å². The number of thioether (sulfide) groups is 1. The van der Waals surface area contributed by atoms with Gasteiger partial charge in [-0.3, -0.25) is 9.59 Å². The third-order valence-corrected chi connectivity index (χ3v) is 3.20. The highest BCUT2D eigenvalue weighted by Gasteiger charge is 2.17. The van der Waals surface area contributed by atoms with Gasteiger partial charge < -0.3 is 10.8 Å². The second-order valence-corrected chi connectivity index (χ2v) is 4.48. The highest BCUT2D eigenvalue weighted by Crippen LogP contribution is 2.16. The van der Waals surface area contributed by atoms with E-state index < -0.39 is 17.1 Å². The molecular formula is C11H13NO3S. The summed E-state index contributed by atoms with van der Waals surface area (Å²) in [6.07, 6.45) is 0.466. The van der Waals surface area contributed by atoms with Crippen LogP contribution in [0, 0.1) is 0 Å². The van der Waals surface area contributed by atoms with Gasteiger partial charge in [0.05, 0.1) is 11.0 Å². The van der Waals surface area contributed by atoms with Gasteiger partial charge >= 0.3 is 5.97 Å².